The van der Waals surface area contributed by atoms with E-state index >= 15 is 0 Å². The fourth-order valence-electron chi connectivity index (χ4n) is 1.72. The number of hydrogen-bond acceptors (Lipinski definition) is 5. The average molecular weight is 254 g/mol. The predicted octanol–water partition coefficient (Wildman–Crippen LogP) is 0.984. The second-order valence-electron chi connectivity index (χ2n) is 3.92. The number of nitrogen functional groups attached to an aromatic ring is 1. The third-order valence-electron chi connectivity index (χ3n) is 2.90. The summed E-state index contributed by atoms with van der Waals surface area (Å²) in [7, 11) is 0. The Morgan fingerprint density at radius 1 is 1.44 bits per heavy atom. The summed E-state index contributed by atoms with van der Waals surface area (Å²) < 4.78 is 6.67. The van der Waals surface area contributed by atoms with Crippen LogP contribution in [0.2, 0.25) is 0 Å². The number of hydrogen-bond donors (Lipinski definition) is 1. The number of anilines is 1. The van der Waals surface area contributed by atoms with E-state index in [2.05, 4.69) is 23.7 Å². The maximum atomic E-state index is 11.5. The first kappa shape index (κ1) is 14.5. The van der Waals surface area contributed by atoms with E-state index in [1.54, 1.807) is 17.8 Å². The van der Waals surface area contributed by atoms with Gasteiger partial charge in [-0.05, 0) is 20.0 Å². The molecule has 102 valence electrons. The summed E-state index contributed by atoms with van der Waals surface area (Å²) >= 11 is 0. The molecule has 0 unspecified atom stereocenters. The first-order valence-electron chi connectivity index (χ1n) is 6.34. The number of carbonyl (C=O) groups is 1. The molecular weight excluding hydrogens is 232 g/mol. The number of imidazole rings is 1. The molecule has 1 aromatic heterocycles. The quantitative estimate of drug-likeness (QED) is 0.734. The molecular formula is C12H22N4O2. The number of carbonyl (C=O) groups excluding carboxylic acids is 1. The van der Waals surface area contributed by atoms with E-state index in [4.69, 9.17) is 10.5 Å². The lowest BCUT2D eigenvalue weighted by atomic mass is 10.4. The van der Waals surface area contributed by atoms with Crippen LogP contribution in [0, 0.1) is 0 Å². The molecule has 6 heteroatoms. The van der Waals surface area contributed by atoms with Crippen molar-refractivity contribution in [2.45, 2.75) is 27.3 Å². The van der Waals surface area contributed by atoms with Crippen molar-refractivity contribution in [1.29, 1.82) is 0 Å². The molecule has 0 radical (unpaired) electrons. The Morgan fingerprint density at radius 2 is 2.11 bits per heavy atom. The van der Waals surface area contributed by atoms with Crippen LogP contribution in [0.5, 0.6) is 0 Å². The molecule has 2 N–H and O–H groups in total. The Bertz CT molecular complexity index is 385. The topological polar surface area (TPSA) is 73.4 Å². The third kappa shape index (κ3) is 3.46. The van der Waals surface area contributed by atoms with Crippen LogP contribution in [0.15, 0.2) is 6.33 Å². The summed E-state index contributed by atoms with van der Waals surface area (Å²) in [5.41, 5.74) is 6.09. The monoisotopic (exact) mass is 254 g/mol. The summed E-state index contributed by atoms with van der Waals surface area (Å²) in [6.45, 7) is 9.91. The Balaban J connectivity index is 2.66. The zero-order valence-electron chi connectivity index (χ0n) is 11.3. The molecule has 1 heterocycles. The van der Waals surface area contributed by atoms with Gasteiger partial charge in [0.2, 0.25) is 0 Å². The summed E-state index contributed by atoms with van der Waals surface area (Å²) in [5.74, 6) is -0.0859. The van der Waals surface area contributed by atoms with Gasteiger partial charge in [-0.15, -0.1) is 0 Å². The SMILES string of the molecule is CCOC(=O)c1ncn(CCN(CC)CC)c1N. The molecule has 1 aromatic rings. The van der Waals surface area contributed by atoms with Gasteiger partial charge in [0.05, 0.1) is 12.9 Å². The van der Waals surface area contributed by atoms with Gasteiger partial charge < -0.3 is 19.9 Å². The molecule has 0 atom stereocenters. The van der Waals surface area contributed by atoms with Crippen molar-refractivity contribution in [3.63, 3.8) is 0 Å². The molecule has 0 fully saturated rings. The first-order chi connectivity index (χ1) is 8.63. The molecule has 0 saturated heterocycles. The minimum absolute atomic E-state index is 0.205. The molecule has 0 spiro atoms. The maximum Gasteiger partial charge on any atom is 0.360 e. The van der Waals surface area contributed by atoms with Crippen molar-refractivity contribution in [2.75, 3.05) is 32.0 Å². The first-order valence-corrected chi connectivity index (χ1v) is 6.34. The zero-order valence-corrected chi connectivity index (χ0v) is 11.3. The molecule has 0 saturated carbocycles. The lowest BCUT2D eigenvalue weighted by Gasteiger charge is -2.18. The number of aromatic nitrogens is 2. The second-order valence-corrected chi connectivity index (χ2v) is 3.92. The van der Waals surface area contributed by atoms with Crippen molar-refractivity contribution >= 4 is 11.8 Å². The van der Waals surface area contributed by atoms with E-state index in [1.165, 1.54) is 0 Å². The van der Waals surface area contributed by atoms with Gasteiger partial charge in [0, 0.05) is 13.1 Å². The van der Waals surface area contributed by atoms with Crippen LogP contribution in [0.3, 0.4) is 0 Å². The molecule has 18 heavy (non-hydrogen) atoms. The number of esters is 1. The van der Waals surface area contributed by atoms with Crippen LogP contribution < -0.4 is 5.73 Å². The standard InChI is InChI=1S/C12H22N4O2/c1-4-15(5-2)7-8-16-9-14-10(11(16)13)12(17)18-6-3/h9H,4-8,13H2,1-3H3. The van der Waals surface area contributed by atoms with Gasteiger partial charge in [-0.1, -0.05) is 13.8 Å². The number of likely N-dealkylation sites (N-methyl/N-ethyl adjacent to an activating group) is 1. The van der Waals surface area contributed by atoms with Crippen molar-refractivity contribution in [1.82, 2.24) is 14.5 Å². The van der Waals surface area contributed by atoms with E-state index in [9.17, 15) is 4.79 Å². The third-order valence-corrected chi connectivity index (χ3v) is 2.90. The van der Waals surface area contributed by atoms with E-state index < -0.39 is 5.97 Å². The maximum absolute atomic E-state index is 11.5. The molecule has 1 rings (SSSR count). The smallest absolute Gasteiger partial charge is 0.360 e. The van der Waals surface area contributed by atoms with Gasteiger partial charge >= 0.3 is 5.97 Å². The van der Waals surface area contributed by atoms with Crippen LogP contribution in [0.1, 0.15) is 31.3 Å². The molecule has 0 aliphatic carbocycles. The number of nitrogens with two attached hydrogens (primary N) is 1. The summed E-state index contributed by atoms with van der Waals surface area (Å²) in [5, 5.41) is 0. The molecule has 0 aliphatic heterocycles. The molecule has 0 amide bonds. The minimum Gasteiger partial charge on any atom is -0.461 e. The molecule has 0 aliphatic rings. The molecule has 6 nitrogen and oxygen atoms in total. The Kier molecular flexibility index (Phi) is 5.64. The highest BCUT2D eigenvalue weighted by atomic mass is 16.5. The van der Waals surface area contributed by atoms with Gasteiger partial charge in [-0.3, -0.25) is 0 Å². The summed E-state index contributed by atoms with van der Waals surface area (Å²) in [6.07, 6.45) is 1.59. The zero-order chi connectivity index (χ0) is 13.5. The van der Waals surface area contributed by atoms with E-state index in [0.717, 1.165) is 26.2 Å². The van der Waals surface area contributed by atoms with Crippen molar-refractivity contribution in [2.24, 2.45) is 0 Å². The van der Waals surface area contributed by atoms with Crippen LogP contribution in [-0.4, -0.2) is 46.7 Å². The minimum atomic E-state index is -0.461. The van der Waals surface area contributed by atoms with Gasteiger partial charge in [0.25, 0.3) is 0 Å². The highest BCUT2D eigenvalue weighted by molar-refractivity contribution is 5.92. The fraction of sp³-hybridized carbons (Fsp3) is 0.667. The van der Waals surface area contributed by atoms with Crippen LogP contribution in [0.4, 0.5) is 5.82 Å². The van der Waals surface area contributed by atoms with Gasteiger partial charge in [0.15, 0.2) is 5.69 Å². The molecule has 0 bridgehead atoms. The fourth-order valence-corrected chi connectivity index (χ4v) is 1.72. The molecule has 0 aromatic carbocycles. The lowest BCUT2D eigenvalue weighted by molar-refractivity contribution is 0.0521. The van der Waals surface area contributed by atoms with Crippen LogP contribution in [-0.2, 0) is 11.3 Å². The highest BCUT2D eigenvalue weighted by Gasteiger charge is 2.16. The summed E-state index contributed by atoms with van der Waals surface area (Å²) in [4.78, 5) is 17.8. The predicted molar refractivity (Wildman–Crippen MR) is 70.4 cm³/mol. The highest BCUT2D eigenvalue weighted by Crippen LogP contribution is 2.11. The van der Waals surface area contributed by atoms with Gasteiger partial charge in [-0.2, -0.15) is 0 Å². The Hall–Kier alpha value is -1.56. The van der Waals surface area contributed by atoms with E-state index in [-0.39, 0.29) is 5.69 Å². The van der Waals surface area contributed by atoms with Gasteiger partial charge in [-0.25, -0.2) is 9.78 Å². The van der Waals surface area contributed by atoms with Gasteiger partial charge in [0.1, 0.15) is 5.82 Å². The van der Waals surface area contributed by atoms with Crippen LogP contribution >= 0.6 is 0 Å². The Labute approximate surface area is 108 Å². The van der Waals surface area contributed by atoms with Crippen molar-refractivity contribution in [3.05, 3.63) is 12.0 Å². The average Bonchev–Trinajstić information content (AvgIpc) is 2.73. The van der Waals surface area contributed by atoms with Crippen molar-refractivity contribution < 1.29 is 9.53 Å². The second kappa shape index (κ2) is 7.00. The van der Waals surface area contributed by atoms with E-state index in [0.29, 0.717) is 12.4 Å². The van der Waals surface area contributed by atoms with Crippen molar-refractivity contribution in [3.8, 4) is 0 Å². The Morgan fingerprint density at radius 3 is 2.67 bits per heavy atom. The lowest BCUT2D eigenvalue weighted by Crippen LogP contribution is -2.27. The normalized spacial score (nSPS) is 10.9. The number of ether oxygens (including phenoxy) is 1. The summed E-state index contributed by atoms with van der Waals surface area (Å²) in [6, 6.07) is 0. The van der Waals surface area contributed by atoms with E-state index in [1.807, 2.05) is 0 Å². The number of nitrogens with zero attached hydrogens (tertiary/aromatic N) is 3. The largest absolute Gasteiger partial charge is 0.461 e. The van der Waals surface area contributed by atoms with Crippen LogP contribution in [0.25, 0.3) is 0 Å². The number of rotatable bonds is 7.